The van der Waals surface area contributed by atoms with Crippen LogP contribution in [0.3, 0.4) is 0 Å². The van der Waals surface area contributed by atoms with Crippen LogP contribution >= 0.6 is 11.3 Å². The summed E-state index contributed by atoms with van der Waals surface area (Å²) < 4.78 is 0. The molecule has 8 heteroatoms. The molecule has 1 saturated carbocycles. The molecular formula is C24H26N2O5S. The van der Waals surface area contributed by atoms with Crippen molar-refractivity contribution < 1.29 is 24.3 Å². The Labute approximate surface area is 190 Å². The van der Waals surface area contributed by atoms with Crippen molar-refractivity contribution in [2.24, 2.45) is 11.8 Å². The maximum Gasteiger partial charge on any atom is 0.307 e. The lowest BCUT2D eigenvalue weighted by molar-refractivity contribution is -0.147. The van der Waals surface area contributed by atoms with Crippen LogP contribution in [0, 0.1) is 11.8 Å². The number of amides is 2. The Morgan fingerprint density at radius 2 is 1.75 bits per heavy atom. The van der Waals surface area contributed by atoms with Crippen molar-refractivity contribution in [1.29, 1.82) is 0 Å². The van der Waals surface area contributed by atoms with Crippen LogP contribution in [0.4, 0.5) is 10.7 Å². The summed E-state index contributed by atoms with van der Waals surface area (Å²) in [4.78, 5) is 50.6. The first kappa shape index (κ1) is 22.2. The fourth-order valence-electron chi connectivity index (χ4n) is 4.69. The minimum absolute atomic E-state index is 0.0917. The van der Waals surface area contributed by atoms with Crippen molar-refractivity contribution in [2.45, 2.75) is 51.9 Å². The van der Waals surface area contributed by atoms with Gasteiger partial charge in [-0.1, -0.05) is 25.0 Å². The monoisotopic (exact) mass is 454 g/mol. The number of ketones is 1. The Balaban J connectivity index is 1.59. The molecule has 1 aromatic heterocycles. The van der Waals surface area contributed by atoms with Crippen molar-refractivity contribution >= 4 is 45.6 Å². The molecule has 0 bridgehead atoms. The lowest BCUT2D eigenvalue weighted by Gasteiger charge is -2.27. The molecule has 3 N–H and O–H groups in total. The van der Waals surface area contributed by atoms with E-state index >= 15 is 0 Å². The standard InChI is InChI=1S/C24H26N2O5S/c1-13(27)14-6-4-7-15(12-14)25-22(29)20-18-10-5-11-19(18)32-23(20)26-21(28)16-8-2-3-9-17(16)24(30)31/h4,6-7,12,16-17H,2-3,5,8-11H2,1H3,(H,25,29)(H,26,28)(H,30,31). The summed E-state index contributed by atoms with van der Waals surface area (Å²) in [6, 6.07) is 6.75. The van der Waals surface area contributed by atoms with E-state index in [0.29, 0.717) is 34.7 Å². The van der Waals surface area contributed by atoms with E-state index in [2.05, 4.69) is 10.6 Å². The van der Waals surface area contributed by atoms with Gasteiger partial charge in [0, 0.05) is 16.1 Å². The number of carboxylic acids is 1. The van der Waals surface area contributed by atoms with E-state index in [9.17, 15) is 24.3 Å². The molecule has 2 aromatic rings. The van der Waals surface area contributed by atoms with Crippen molar-refractivity contribution in [2.75, 3.05) is 10.6 Å². The molecule has 1 heterocycles. The van der Waals surface area contributed by atoms with Crippen LogP contribution in [0.2, 0.25) is 0 Å². The zero-order valence-electron chi connectivity index (χ0n) is 17.9. The highest BCUT2D eigenvalue weighted by atomic mass is 32.1. The number of carbonyl (C=O) groups is 4. The topological polar surface area (TPSA) is 113 Å². The Morgan fingerprint density at radius 3 is 2.47 bits per heavy atom. The van der Waals surface area contributed by atoms with Gasteiger partial charge in [-0.15, -0.1) is 11.3 Å². The van der Waals surface area contributed by atoms with Crippen LogP contribution in [0.5, 0.6) is 0 Å². The lowest BCUT2D eigenvalue weighted by atomic mass is 9.79. The first-order chi connectivity index (χ1) is 15.3. The second kappa shape index (κ2) is 9.24. The van der Waals surface area contributed by atoms with Gasteiger partial charge >= 0.3 is 5.97 Å². The lowest BCUT2D eigenvalue weighted by Crippen LogP contribution is -2.36. The van der Waals surface area contributed by atoms with E-state index in [-0.39, 0.29) is 17.6 Å². The SMILES string of the molecule is CC(=O)c1cccc(NC(=O)c2c(NC(=O)C3CCCCC3C(=O)O)sc3c2CCC3)c1. The minimum Gasteiger partial charge on any atom is -0.481 e. The van der Waals surface area contributed by atoms with Crippen molar-refractivity contribution in [1.82, 2.24) is 0 Å². The van der Waals surface area contributed by atoms with Crippen molar-refractivity contribution in [3.8, 4) is 0 Å². The molecule has 2 atom stereocenters. The number of anilines is 2. The van der Waals surface area contributed by atoms with Crippen LogP contribution in [0.1, 0.15) is 70.2 Å². The van der Waals surface area contributed by atoms with Gasteiger partial charge in [0.25, 0.3) is 5.91 Å². The van der Waals surface area contributed by atoms with Crippen molar-refractivity contribution in [3.05, 3.63) is 45.8 Å². The number of Topliss-reactive ketones (excluding diaryl/α,β-unsaturated/α-hetero) is 1. The summed E-state index contributed by atoms with van der Waals surface area (Å²) >= 11 is 1.40. The van der Waals surface area contributed by atoms with E-state index in [0.717, 1.165) is 42.5 Å². The maximum atomic E-state index is 13.2. The van der Waals surface area contributed by atoms with E-state index in [1.807, 2.05) is 0 Å². The van der Waals surface area contributed by atoms with Gasteiger partial charge in [0.15, 0.2) is 5.78 Å². The van der Waals surface area contributed by atoms with E-state index in [4.69, 9.17) is 0 Å². The van der Waals surface area contributed by atoms with Gasteiger partial charge in [0.2, 0.25) is 5.91 Å². The van der Waals surface area contributed by atoms with Gasteiger partial charge in [-0.2, -0.15) is 0 Å². The summed E-state index contributed by atoms with van der Waals surface area (Å²) in [5.41, 5.74) is 2.41. The van der Waals surface area contributed by atoms with Gasteiger partial charge in [0.05, 0.1) is 17.4 Å². The molecule has 168 valence electrons. The molecule has 2 unspecified atom stereocenters. The zero-order valence-corrected chi connectivity index (χ0v) is 18.7. The summed E-state index contributed by atoms with van der Waals surface area (Å²) in [7, 11) is 0. The number of carbonyl (C=O) groups excluding carboxylic acids is 3. The number of carboxylic acid groups (broad SMARTS) is 1. The summed E-state index contributed by atoms with van der Waals surface area (Å²) in [5, 5.41) is 15.8. The third-order valence-corrected chi connectivity index (χ3v) is 7.54. The van der Waals surface area contributed by atoms with E-state index in [1.54, 1.807) is 24.3 Å². The second-order valence-electron chi connectivity index (χ2n) is 8.48. The van der Waals surface area contributed by atoms with Gasteiger partial charge in [-0.3, -0.25) is 19.2 Å². The van der Waals surface area contributed by atoms with E-state index in [1.165, 1.54) is 18.3 Å². The number of hydrogen-bond donors (Lipinski definition) is 3. The molecule has 0 saturated heterocycles. The summed E-state index contributed by atoms with van der Waals surface area (Å²) in [6.45, 7) is 1.47. The largest absolute Gasteiger partial charge is 0.481 e. The molecule has 2 amide bonds. The van der Waals surface area contributed by atoms with Gasteiger partial charge in [0.1, 0.15) is 5.00 Å². The quantitative estimate of drug-likeness (QED) is 0.556. The number of nitrogens with one attached hydrogen (secondary N) is 2. The highest BCUT2D eigenvalue weighted by molar-refractivity contribution is 7.17. The van der Waals surface area contributed by atoms with Crippen LogP contribution < -0.4 is 10.6 Å². The number of thiophene rings is 1. The van der Waals surface area contributed by atoms with Crippen LogP contribution in [-0.4, -0.2) is 28.7 Å². The fourth-order valence-corrected chi connectivity index (χ4v) is 5.98. The third-order valence-electron chi connectivity index (χ3n) is 6.33. The maximum absolute atomic E-state index is 13.2. The smallest absolute Gasteiger partial charge is 0.307 e. The Hall–Kier alpha value is -3.00. The number of aryl methyl sites for hydroxylation is 1. The van der Waals surface area contributed by atoms with Gasteiger partial charge < -0.3 is 15.7 Å². The van der Waals surface area contributed by atoms with Gasteiger partial charge in [-0.05, 0) is 56.7 Å². The first-order valence-electron chi connectivity index (χ1n) is 11.0. The molecule has 1 fully saturated rings. The van der Waals surface area contributed by atoms with Crippen molar-refractivity contribution in [3.63, 3.8) is 0 Å². The number of hydrogen-bond acceptors (Lipinski definition) is 5. The molecule has 2 aliphatic rings. The third kappa shape index (κ3) is 4.46. The molecule has 7 nitrogen and oxygen atoms in total. The highest BCUT2D eigenvalue weighted by Gasteiger charge is 2.37. The molecular weight excluding hydrogens is 428 g/mol. The molecule has 0 aliphatic heterocycles. The average molecular weight is 455 g/mol. The normalized spacial score (nSPS) is 19.8. The van der Waals surface area contributed by atoms with Crippen LogP contribution in [-0.2, 0) is 22.4 Å². The fraction of sp³-hybridized carbons (Fsp3) is 0.417. The Bertz CT molecular complexity index is 1090. The van der Waals surface area contributed by atoms with Gasteiger partial charge in [-0.25, -0.2) is 0 Å². The molecule has 2 aliphatic carbocycles. The summed E-state index contributed by atoms with van der Waals surface area (Å²) in [5.74, 6) is -2.99. The van der Waals surface area contributed by atoms with Crippen LogP contribution in [0.25, 0.3) is 0 Å². The number of aliphatic carboxylic acids is 1. The highest BCUT2D eigenvalue weighted by Crippen LogP contribution is 2.40. The minimum atomic E-state index is -0.943. The molecule has 0 radical (unpaired) electrons. The second-order valence-corrected chi connectivity index (χ2v) is 9.58. The van der Waals surface area contributed by atoms with E-state index < -0.39 is 17.8 Å². The predicted octanol–water partition coefficient (Wildman–Crippen LogP) is 4.52. The number of fused-ring (bicyclic) bond motifs is 1. The average Bonchev–Trinajstić information content (AvgIpc) is 3.34. The molecule has 1 aromatic carbocycles. The Morgan fingerprint density at radius 1 is 1.00 bits per heavy atom. The van der Waals surface area contributed by atoms with Crippen LogP contribution in [0.15, 0.2) is 24.3 Å². The molecule has 32 heavy (non-hydrogen) atoms. The Kier molecular flexibility index (Phi) is 6.41. The molecule has 4 rings (SSSR count). The predicted molar refractivity (Wildman–Crippen MR) is 122 cm³/mol. The summed E-state index contributed by atoms with van der Waals surface area (Å²) in [6.07, 6.45) is 5.24. The number of benzene rings is 1. The first-order valence-corrected chi connectivity index (χ1v) is 11.8. The molecule has 0 spiro atoms. The zero-order chi connectivity index (χ0) is 22.8. The number of rotatable bonds is 6.